The molecule has 1 heterocycles. The van der Waals surface area contributed by atoms with Gasteiger partial charge in [0.05, 0.1) is 7.05 Å². The van der Waals surface area contributed by atoms with E-state index in [9.17, 15) is 9.59 Å². The molecule has 0 bridgehead atoms. The molecule has 6 heteroatoms. The van der Waals surface area contributed by atoms with Crippen LogP contribution in [0.25, 0.3) is 0 Å². The zero-order valence-corrected chi connectivity index (χ0v) is 17.0. The minimum absolute atomic E-state index is 0.0681. The molecular formula is C19H29BrN3O2+. The molecule has 1 fully saturated rings. The fourth-order valence-corrected chi connectivity index (χ4v) is 3.89. The first-order valence-electron chi connectivity index (χ1n) is 9.07. The molecule has 1 aromatic carbocycles. The Morgan fingerprint density at radius 2 is 2.08 bits per heavy atom. The molecule has 2 amide bonds. The minimum atomic E-state index is -0.0681. The summed E-state index contributed by atoms with van der Waals surface area (Å²) in [5.74, 6) is 0.0954. The van der Waals surface area contributed by atoms with Crippen molar-refractivity contribution in [2.24, 2.45) is 0 Å². The van der Waals surface area contributed by atoms with E-state index in [1.54, 1.807) is 0 Å². The van der Waals surface area contributed by atoms with E-state index in [-0.39, 0.29) is 18.4 Å². The van der Waals surface area contributed by atoms with Gasteiger partial charge < -0.3 is 15.1 Å². The number of amides is 2. The highest BCUT2D eigenvalue weighted by atomic mass is 79.9. The molecule has 1 aromatic rings. The Kier molecular flexibility index (Phi) is 7.44. The zero-order valence-electron chi connectivity index (χ0n) is 15.4. The number of nitrogens with zero attached hydrogens (tertiary/aromatic N) is 1. The van der Waals surface area contributed by atoms with E-state index >= 15 is 0 Å². The van der Waals surface area contributed by atoms with Crippen LogP contribution in [0.15, 0.2) is 22.7 Å². The number of rotatable bonds is 6. The fourth-order valence-electron chi connectivity index (χ4n) is 3.41. The van der Waals surface area contributed by atoms with Crippen LogP contribution in [-0.2, 0) is 9.59 Å². The maximum atomic E-state index is 12.6. The molecule has 0 radical (unpaired) electrons. The Labute approximate surface area is 158 Å². The van der Waals surface area contributed by atoms with E-state index in [2.05, 4.69) is 28.2 Å². The van der Waals surface area contributed by atoms with Gasteiger partial charge in [0.25, 0.3) is 11.8 Å². The monoisotopic (exact) mass is 410 g/mol. The van der Waals surface area contributed by atoms with Crippen LogP contribution in [0, 0.1) is 6.92 Å². The molecule has 1 saturated heterocycles. The molecule has 0 aromatic heterocycles. The van der Waals surface area contributed by atoms with Crippen LogP contribution in [0.5, 0.6) is 0 Å². The molecule has 5 nitrogen and oxygen atoms in total. The molecule has 0 aliphatic carbocycles. The van der Waals surface area contributed by atoms with Gasteiger partial charge in [-0.25, -0.2) is 0 Å². The minimum Gasteiger partial charge on any atom is -0.335 e. The summed E-state index contributed by atoms with van der Waals surface area (Å²) < 4.78 is 0.989. The molecule has 25 heavy (non-hydrogen) atoms. The van der Waals surface area contributed by atoms with Crippen molar-refractivity contribution >= 4 is 33.4 Å². The summed E-state index contributed by atoms with van der Waals surface area (Å²) in [6, 6.07) is 6.13. The number of carbonyl (C=O) groups excluding carboxylic acids is 2. The number of carbonyl (C=O) groups is 2. The van der Waals surface area contributed by atoms with Gasteiger partial charge in [0.2, 0.25) is 0 Å². The number of piperidine rings is 1. The Morgan fingerprint density at radius 1 is 1.32 bits per heavy atom. The van der Waals surface area contributed by atoms with Gasteiger partial charge in [-0.2, -0.15) is 0 Å². The molecule has 1 unspecified atom stereocenters. The molecule has 2 rings (SSSR count). The second-order valence-electron chi connectivity index (χ2n) is 6.96. The number of hydrogen-bond donors (Lipinski definition) is 2. The SMILES string of the molecule is CC[C@@H]1CCCCN1C(=O)C[NH+](C)CC(=O)Nc1ccc(Br)cc1C. The van der Waals surface area contributed by atoms with Gasteiger partial charge >= 0.3 is 0 Å². The van der Waals surface area contributed by atoms with Gasteiger partial charge in [-0.1, -0.05) is 22.9 Å². The summed E-state index contributed by atoms with van der Waals surface area (Å²) >= 11 is 3.42. The zero-order chi connectivity index (χ0) is 18.4. The van der Waals surface area contributed by atoms with Crippen molar-refractivity contribution in [1.29, 1.82) is 0 Å². The Hall–Kier alpha value is -1.40. The van der Waals surface area contributed by atoms with Gasteiger partial charge in [-0.05, 0) is 56.4 Å². The highest BCUT2D eigenvalue weighted by molar-refractivity contribution is 9.10. The molecule has 1 aliphatic heterocycles. The van der Waals surface area contributed by atoms with E-state index in [1.807, 2.05) is 37.1 Å². The maximum absolute atomic E-state index is 12.6. The number of halogens is 1. The summed E-state index contributed by atoms with van der Waals surface area (Å²) in [6.07, 6.45) is 4.41. The maximum Gasteiger partial charge on any atom is 0.279 e. The lowest BCUT2D eigenvalue weighted by Gasteiger charge is -2.35. The summed E-state index contributed by atoms with van der Waals surface area (Å²) in [7, 11) is 1.90. The quantitative estimate of drug-likeness (QED) is 0.753. The van der Waals surface area contributed by atoms with Gasteiger partial charge in [-0.3, -0.25) is 9.59 Å². The summed E-state index contributed by atoms with van der Waals surface area (Å²) in [6.45, 7) is 5.60. The first-order valence-corrected chi connectivity index (χ1v) is 9.86. The smallest absolute Gasteiger partial charge is 0.279 e. The van der Waals surface area contributed by atoms with Crippen LogP contribution in [0.1, 0.15) is 38.2 Å². The second kappa shape index (κ2) is 9.34. The Morgan fingerprint density at radius 3 is 2.76 bits per heavy atom. The fraction of sp³-hybridized carbons (Fsp3) is 0.579. The van der Waals surface area contributed by atoms with Crippen molar-refractivity contribution in [2.75, 3.05) is 32.0 Å². The molecular weight excluding hydrogens is 382 g/mol. The lowest BCUT2D eigenvalue weighted by Crippen LogP contribution is -3.11. The Balaban J connectivity index is 1.85. The van der Waals surface area contributed by atoms with Gasteiger partial charge in [0, 0.05) is 22.7 Å². The molecule has 138 valence electrons. The highest BCUT2D eigenvalue weighted by Crippen LogP contribution is 2.20. The predicted octanol–water partition coefficient (Wildman–Crippen LogP) is 2.00. The first-order chi connectivity index (χ1) is 11.9. The van der Waals surface area contributed by atoms with Crippen LogP contribution in [0.4, 0.5) is 5.69 Å². The van der Waals surface area contributed by atoms with Crippen LogP contribution >= 0.6 is 15.9 Å². The number of benzene rings is 1. The van der Waals surface area contributed by atoms with Gasteiger partial charge in [-0.15, -0.1) is 0 Å². The summed E-state index contributed by atoms with van der Waals surface area (Å²) in [5.41, 5.74) is 1.82. The average Bonchev–Trinajstić information content (AvgIpc) is 2.57. The second-order valence-corrected chi connectivity index (χ2v) is 7.88. The predicted molar refractivity (Wildman–Crippen MR) is 104 cm³/mol. The van der Waals surface area contributed by atoms with Crippen LogP contribution in [0.2, 0.25) is 0 Å². The van der Waals surface area contributed by atoms with Gasteiger partial charge in [0.1, 0.15) is 0 Å². The number of nitrogens with one attached hydrogen (secondary N) is 2. The summed E-state index contributed by atoms with van der Waals surface area (Å²) in [4.78, 5) is 27.8. The topological polar surface area (TPSA) is 53.9 Å². The van der Waals surface area contributed by atoms with E-state index in [1.165, 1.54) is 6.42 Å². The number of likely N-dealkylation sites (N-methyl/N-ethyl adjacent to an activating group) is 1. The van der Waals surface area contributed by atoms with Crippen molar-refractivity contribution in [1.82, 2.24) is 4.90 Å². The third-order valence-electron chi connectivity index (χ3n) is 4.80. The van der Waals surface area contributed by atoms with E-state index in [4.69, 9.17) is 0 Å². The van der Waals surface area contributed by atoms with Crippen LogP contribution < -0.4 is 10.2 Å². The largest absolute Gasteiger partial charge is 0.335 e. The lowest BCUT2D eigenvalue weighted by molar-refractivity contribution is -0.862. The molecule has 0 spiro atoms. The molecule has 1 aliphatic rings. The van der Waals surface area contributed by atoms with Crippen molar-refractivity contribution in [3.8, 4) is 0 Å². The van der Waals surface area contributed by atoms with Crippen LogP contribution in [0.3, 0.4) is 0 Å². The normalized spacial score (nSPS) is 18.7. The molecule has 2 N–H and O–H groups in total. The first kappa shape index (κ1) is 19.9. The van der Waals surface area contributed by atoms with E-state index in [0.29, 0.717) is 12.6 Å². The number of quaternary nitrogens is 1. The third kappa shape index (κ3) is 5.82. The molecule has 0 saturated carbocycles. The standard InChI is InChI=1S/C19H28BrN3O2/c1-4-16-7-5-6-10-23(16)19(25)13-22(3)12-18(24)21-17-9-8-15(20)11-14(17)2/h8-9,11,16H,4-7,10,12-13H2,1-3H3,(H,21,24)/p+1/t16-/m1/s1. The van der Waals surface area contributed by atoms with Gasteiger partial charge in [0.15, 0.2) is 13.1 Å². The lowest BCUT2D eigenvalue weighted by atomic mass is 10.00. The van der Waals surface area contributed by atoms with Crippen LogP contribution in [-0.4, -0.2) is 49.4 Å². The Bertz CT molecular complexity index is 621. The number of likely N-dealkylation sites (tertiary alicyclic amines) is 1. The average molecular weight is 411 g/mol. The number of hydrogen-bond acceptors (Lipinski definition) is 2. The third-order valence-corrected chi connectivity index (χ3v) is 5.29. The van der Waals surface area contributed by atoms with Crippen molar-refractivity contribution in [3.05, 3.63) is 28.2 Å². The van der Waals surface area contributed by atoms with E-state index < -0.39 is 0 Å². The van der Waals surface area contributed by atoms with Crippen molar-refractivity contribution < 1.29 is 14.5 Å². The number of aryl methyl sites for hydroxylation is 1. The van der Waals surface area contributed by atoms with Crippen molar-refractivity contribution in [2.45, 2.75) is 45.6 Å². The van der Waals surface area contributed by atoms with E-state index in [0.717, 1.165) is 46.4 Å². The summed E-state index contributed by atoms with van der Waals surface area (Å²) in [5, 5.41) is 2.94. The molecule has 2 atom stereocenters. The highest BCUT2D eigenvalue weighted by Gasteiger charge is 2.27. The number of anilines is 1. The van der Waals surface area contributed by atoms with Crippen molar-refractivity contribution in [3.63, 3.8) is 0 Å².